The first-order valence-corrected chi connectivity index (χ1v) is 7.12. The van der Waals surface area contributed by atoms with Crippen molar-refractivity contribution in [3.05, 3.63) is 59.7 Å². The van der Waals surface area contributed by atoms with Crippen molar-refractivity contribution in [2.24, 2.45) is 0 Å². The predicted molar refractivity (Wildman–Crippen MR) is 81.2 cm³/mol. The van der Waals surface area contributed by atoms with Gasteiger partial charge in [-0.3, -0.25) is 0 Å². The van der Waals surface area contributed by atoms with Gasteiger partial charge in [0.15, 0.2) is 0 Å². The molecular formula is C17H18F3NO. The molecule has 0 spiro atoms. The Kier molecular flexibility index (Phi) is 5.31. The molecule has 0 atom stereocenters. The highest BCUT2D eigenvalue weighted by Crippen LogP contribution is 2.30. The van der Waals surface area contributed by atoms with Gasteiger partial charge in [-0.1, -0.05) is 25.1 Å². The number of ether oxygens (including phenoxy) is 1. The molecular weight excluding hydrogens is 291 g/mol. The molecule has 118 valence electrons. The quantitative estimate of drug-likeness (QED) is 0.777. The van der Waals surface area contributed by atoms with E-state index in [9.17, 15) is 13.2 Å². The molecule has 0 aliphatic heterocycles. The second kappa shape index (κ2) is 7.20. The van der Waals surface area contributed by atoms with Gasteiger partial charge in [-0.15, -0.1) is 0 Å². The summed E-state index contributed by atoms with van der Waals surface area (Å²) in [5.41, 5.74) is 1.00. The molecule has 22 heavy (non-hydrogen) atoms. The first-order chi connectivity index (χ1) is 10.5. The van der Waals surface area contributed by atoms with Gasteiger partial charge in [0, 0.05) is 12.2 Å². The summed E-state index contributed by atoms with van der Waals surface area (Å²) in [6.07, 6.45) is -3.35. The van der Waals surface area contributed by atoms with E-state index in [1.165, 1.54) is 11.6 Å². The van der Waals surface area contributed by atoms with Gasteiger partial charge in [0.1, 0.15) is 12.4 Å². The Hall–Kier alpha value is -2.17. The van der Waals surface area contributed by atoms with Crippen LogP contribution in [-0.2, 0) is 12.6 Å². The molecule has 0 fully saturated rings. The van der Waals surface area contributed by atoms with Crippen molar-refractivity contribution in [3.63, 3.8) is 0 Å². The molecule has 2 rings (SSSR count). The summed E-state index contributed by atoms with van der Waals surface area (Å²) < 4.78 is 43.3. The molecule has 2 aromatic rings. The highest BCUT2D eigenvalue weighted by molar-refractivity contribution is 5.46. The maximum absolute atomic E-state index is 12.6. The Morgan fingerprint density at radius 1 is 1.05 bits per heavy atom. The van der Waals surface area contributed by atoms with Crippen LogP contribution in [0.4, 0.5) is 18.9 Å². The standard InChI is InChI=1S/C17H18F3NO/c1-2-13-6-8-16(9-7-13)22-11-10-21-15-5-3-4-14(12-15)17(18,19)20/h3-9,12,21H,2,10-11H2,1H3. The van der Waals surface area contributed by atoms with Crippen LogP contribution in [0, 0.1) is 0 Å². The third kappa shape index (κ3) is 4.69. The first kappa shape index (κ1) is 16.2. The lowest BCUT2D eigenvalue weighted by atomic mass is 10.2. The normalized spacial score (nSPS) is 11.3. The highest BCUT2D eigenvalue weighted by atomic mass is 19.4. The number of hydrogen-bond acceptors (Lipinski definition) is 2. The van der Waals surface area contributed by atoms with Gasteiger partial charge >= 0.3 is 6.18 Å². The van der Waals surface area contributed by atoms with Crippen molar-refractivity contribution in [2.45, 2.75) is 19.5 Å². The van der Waals surface area contributed by atoms with E-state index in [-0.39, 0.29) is 0 Å². The van der Waals surface area contributed by atoms with E-state index in [0.29, 0.717) is 18.8 Å². The molecule has 0 saturated carbocycles. The highest BCUT2D eigenvalue weighted by Gasteiger charge is 2.30. The van der Waals surface area contributed by atoms with Gasteiger partial charge in [-0.2, -0.15) is 13.2 Å². The number of halogens is 3. The lowest BCUT2D eigenvalue weighted by Gasteiger charge is -2.11. The number of aryl methyl sites for hydroxylation is 1. The van der Waals surface area contributed by atoms with Gasteiger partial charge in [0.2, 0.25) is 0 Å². The number of rotatable bonds is 6. The Morgan fingerprint density at radius 3 is 2.41 bits per heavy atom. The average molecular weight is 309 g/mol. The molecule has 0 bridgehead atoms. The number of hydrogen-bond donors (Lipinski definition) is 1. The van der Waals surface area contributed by atoms with Gasteiger partial charge in [-0.25, -0.2) is 0 Å². The monoisotopic (exact) mass is 309 g/mol. The summed E-state index contributed by atoms with van der Waals surface area (Å²) >= 11 is 0. The van der Waals surface area contributed by atoms with Crippen LogP contribution in [0.3, 0.4) is 0 Å². The van der Waals surface area contributed by atoms with E-state index in [4.69, 9.17) is 4.74 Å². The summed E-state index contributed by atoms with van der Waals surface area (Å²) in [7, 11) is 0. The zero-order valence-electron chi connectivity index (χ0n) is 12.3. The Balaban J connectivity index is 1.81. The molecule has 2 nitrogen and oxygen atoms in total. The van der Waals surface area contributed by atoms with Gasteiger partial charge < -0.3 is 10.1 Å². The SMILES string of the molecule is CCc1ccc(OCCNc2cccc(C(F)(F)F)c2)cc1. The fourth-order valence-corrected chi connectivity index (χ4v) is 1.99. The lowest BCUT2D eigenvalue weighted by Crippen LogP contribution is -2.12. The molecule has 0 aliphatic carbocycles. The summed E-state index contributed by atoms with van der Waals surface area (Å²) in [6.45, 7) is 2.88. The van der Waals surface area contributed by atoms with Crippen molar-refractivity contribution < 1.29 is 17.9 Å². The van der Waals surface area contributed by atoms with E-state index in [0.717, 1.165) is 24.3 Å². The minimum atomic E-state index is -4.32. The van der Waals surface area contributed by atoms with Crippen LogP contribution in [0.2, 0.25) is 0 Å². The van der Waals surface area contributed by atoms with Crippen LogP contribution < -0.4 is 10.1 Å². The second-order valence-electron chi connectivity index (χ2n) is 4.85. The largest absolute Gasteiger partial charge is 0.492 e. The summed E-state index contributed by atoms with van der Waals surface area (Å²) in [5.74, 6) is 0.753. The number of benzene rings is 2. The average Bonchev–Trinajstić information content (AvgIpc) is 2.52. The van der Waals surface area contributed by atoms with Crippen LogP contribution in [-0.4, -0.2) is 13.2 Å². The number of anilines is 1. The van der Waals surface area contributed by atoms with E-state index in [1.807, 2.05) is 24.3 Å². The van der Waals surface area contributed by atoms with Gasteiger partial charge in [0.25, 0.3) is 0 Å². The predicted octanol–water partition coefficient (Wildman–Crippen LogP) is 4.76. The van der Waals surface area contributed by atoms with Crippen LogP contribution >= 0.6 is 0 Å². The molecule has 0 radical (unpaired) electrons. The number of alkyl halides is 3. The Labute approximate surface area is 127 Å². The van der Waals surface area contributed by atoms with E-state index < -0.39 is 11.7 Å². The van der Waals surface area contributed by atoms with Crippen molar-refractivity contribution in [2.75, 3.05) is 18.5 Å². The Morgan fingerprint density at radius 2 is 1.77 bits per heavy atom. The zero-order valence-corrected chi connectivity index (χ0v) is 12.3. The minimum Gasteiger partial charge on any atom is -0.492 e. The van der Waals surface area contributed by atoms with Crippen molar-refractivity contribution in [1.29, 1.82) is 0 Å². The van der Waals surface area contributed by atoms with E-state index in [2.05, 4.69) is 12.2 Å². The smallest absolute Gasteiger partial charge is 0.416 e. The maximum atomic E-state index is 12.6. The van der Waals surface area contributed by atoms with E-state index in [1.54, 1.807) is 6.07 Å². The van der Waals surface area contributed by atoms with E-state index >= 15 is 0 Å². The molecule has 0 unspecified atom stereocenters. The molecule has 5 heteroatoms. The van der Waals surface area contributed by atoms with Crippen LogP contribution in [0.15, 0.2) is 48.5 Å². The molecule has 0 aliphatic rings. The van der Waals surface area contributed by atoms with Crippen molar-refractivity contribution in [1.82, 2.24) is 0 Å². The lowest BCUT2D eigenvalue weighted by molar-refractivity contribution is -0.137. The fourth-order valence-electron chi connectivity index (χ4n) is 1.99. The van der Waals surface area contributed by atoms with Crippen LogP contribution in [0.5, 0.6) is 5.75 Å². The van der Waals surface area contributed by atoms with Crippen LogP contribution in [0.25, 0.3) is 0 Å². The third-order valence-corrected chi connectivity index (χ3v) is 3.22. The molecule has 0 amide bonds. The molecule has 0 saturated heterocycles. The second-order valence-corrected chi connectivity index (χ2v) is 4.85. The molecule has 0 heterocycles. The molecule has 2 aromatic carbocycles. The Bertz CT molecular complexity index is 594. The third-order valence-electron chi connectivity index (χ3n) is 3.22. The number of nitrogens with one attached hydrogen (secondary N) is 1. The van der Waals surface area contributed by atoms with Crippen molar-refractivity contribution >= 4 is 5.69 Å². The van der Waals surface area contributed by atoms with Crippen LogP contribution in [0.1, 0.15) is 18.1 Å². The minimum absolute atomic E-state index is 0.377. The molecule has 1 N–H and O–H groups in total. The summed E-state index contributed by atoms with van der Waals surface area (Å²) in [6, 6.07) is 12.9. The van der Waals surface area contributed by atoms with Gasteiger partial charge in [-0.05, 0) is 42.3 Å². The van der Waals surface area contributed by atoms with Gasteiger partial charge in [0.05, 0.1) is 5.56 Å². The first-order valence-electron chi connectivity index (χ1n) is 7.12. The maximum Gasteiger partial charge on any atom is 0.416 e. The molecule has 0 aromatic heterocycles. The van der Waals surface area contributed by atoms with Crippen molar-refractivity contribution in [3.8, 4) is 5.75 Å². The topological polar surface area (TPSA) is 21.3 Å². The summed E-state index contributed by atoms with van der Waals surface area (Å²) in [5, 5.41) is 2.92. The summed E-state index contributed by atoms with van der Waals surface area (Å²) in [4.78, 5) is 0. The zero-order chi connectivity index (χ0) is 16.0. The fraction of sp³-hybridized carbons (Fsp3) is 0.294.